The zero-order valence-corrected chi connectivity index (χ0v) is 75.4. The number of fused-ring (bicyclic) bond motifs is 21. The largest absolute Gasteiger partial charge is 0.456 e. The Balaban J connectivity index is 0.0000000959. The van der Waals surface area contributed by atoms with E-state index < -0.39 is 17.0 Å². The minimum atomic E-state index is -0.707. The van der Waals surface area contributed by atoms with E-state index in [1.165, 1.54) is 76.5 Å². The number of aryl methyl sites for hydroxylation is 6. The monoisotopic (exact) mass is 1780 g/mol. The van der Waals surface area contributed by atoms with Crippen LogP contribution in [0.2, 0.25) is 0 Å². The second-order valence-electron chi connectivity index (χ2n) is 37.4. The van der Waals surface area contributed by atoms with Gasteiger partial charge in [0.15, 0.2) is 33.2 Å². The van der Waals surface area contributed by atoms with Crippen molar-refractivity contribution in [1.82, 2.24) is 57.7 Å². The van der Waals surface area contributed by atoms with Gasteiger partial charge in [-0.05, 0) is 240 Å². The van der Waals surface area contributed by atoms with Gasteiger partial charge in [0.1, 0.15) is 84.8 Å². The molecule has 9 aromatic carbocycles. The molecule has 15 aromatic heterocycles. The van der Waals surface area contributed by atoms with Gasteiger partial charge in [-0.3, -0.25) is 29.9 Å². The molecule has 9 aliphatic rings. The molecular weight excluding hydrogens is 1710 g/mol. The molecule has 648 valence electrons. The number of aromatic nitrogens is 18. The number of hydrogen-bond donors (Lipinski definition) is 0. The van der Waals surface area contributed by atoms with E-state index in [1.54, 1.807) is 6.20 Å². The number of ether oxygens (including phenoxy) is 3. The van der Waals surface area contributed by atoms with E-state index in [9.17, 15) is 0 Å². The normalized spacial score (nSPS) is 16.3. The van der Waals surface area contributed by atoms with Crippen molar-refractivity contribution in [2.45, 2.75) is 58.5 Å². The van der Waals surface area contributed by atoms with Crippen LogP contribution in [0.4, 0.5) is 0 Å². The third kappa shape index (κ3) is 9.24. The first kappa shape index (κ1) is 75.3. The smallest absolute Gasteiger partial charge is 0.397 e. The Bertz CT molecular complexity index is 8760. The summed E-state index contributed by atoms with van der Waals surface area (Å²) in [6.07, 6.45) is 29.5. The Morgan fingerprint density at radius 2 is 0.645 bits per heavy atom. The van der Waals surface area contributed by atoms with Gasteiger partial charge < -0.3 is 14.2 Å². The third-order valence-electron chi connectivity index (χ3n) is 30.3. The van der Waals surface area contributed by atoms with Crippen molar-refractivity contribution >= 4 is 65.4 Å². The first-order valence-corrected chi connectivity index (χ1v) is 46.8. The Kier molecular flexibility index (Phi) is 14.5. The second-order valence-corrected chi connectivity index (χ2v) is 37.4. The van der Waals surface area contributed by atoms with E-state index in [-0.39, 0.29) is 0 Å². The molecule has 3 spiro atoms. The number of para-hydroxylation sites is 3. The zero-order chi connectivity index (χ0) is 90.9. The average molecular weight is 1780 g/mol. The molecule has 0 saturated heterocycles. The molecule has 0 N–H and O–H groups in total. The van der Waals surface area contributed by atoms with Crippen molar-refractivity contribution in [3.63, 3.8) is 0 Å². The summed E-state index contributed by atoms with van der Waals surface area (Å²) in [5.74, 6) is 8.60. The molecule has 24 aromatic rings. The van der Waals surface area contributed by atoms with E-state index in [1.807, 2.05) is 61.2 Å². The summed E-state index contributed by atoms with van der Waals surface area (Å²) in [6, 6.07) is 98.4. The summed E-state index contributed by atoms with van der Waals surface area (Å²) >= 11 is 0. The zero-order valence-electron chi connectivity index (χ0n) is 75.4. The van der Waals surface area contributed by atoms with Crippen molar-refractivity contribution in [2.24, 2.45) is 0 Å². The van der Waals surface area contributed by atoms with Gasteiger partial charge in [0, 0.05) is 126 Å². The number of benzene rings is 9. The molecular formula is C117H78N18O3+6. The molecule has 33 rings (SSSR count). The number of rotatable bonds is 6. The maximum absolute atomic E-state index is 6.78. The maximum atomic E-state index is 6.78. The molecule has 21 heteroatoms. The van der Waals surface area contributed by atoms with Crippen molar-refractivity contribution < 1.29 is 42.0 Å². The summed E-state index contributed by atoms with van der Waals surface area (Å²) in [5.41, 5.74) is 34.2. The Labute approximate surface area is 787 Å². The second kappa shape index (κ2) is 26.6. The van der Waals surface area contributed by atoms with Crippen molar-refractivity contribution in [3.8, 4) is 136 Å². The lowest BCUT2D eigenvalue weighted by molar-refractivity contribution is -0.993. The van der Waals surface area contributed by atoms with Crippen molar-refractivity contribution in [2.75, 3.05) is 0 Å². The highest BCUT2D eigenvalue weighted by Gasteiger charge is 2.72. The van der Waals surface area contributed by atoms with E-state index in [4.69, 9.17) is 29.2 Å². The van der Waals surface area contributed by atoms with E-state index in [2.05, 4.69) is 410 Å². The van der Waals surface area contributed by atoms with E-state index in [0.29, 0.717) is 0 Å². The quantitative estimate of drug-likeness (QED) is 0.148. The van der Waals surface area contributed by atoms with Crippen LogP contribution in [0.3, 0.4) is 0 Å². The molecule has 138 heavy (non-hydrogen) atoms. The fraction of sp³-hybridized carbons (Fsp3) is 0.0769. The van der Waals surface area contributed by atoms with E-state index in [0.717, 1.165) is 192 Å². The SMILES string of the molecule is Cc1cc(-c2ccccn2)nc(C)c1-c1cn2[n+](c1)C13c4c(cccc4-2)Oc2ccc4c5ccccc5n(c4c21)-c1cccc[n+]13.Cc1cc(-c2cccnc2)nc(C)c1-c1cn2[n+](c1)C13c4c(cccc4-2)Oc2ccc4c5ccccc5n(c4c21)-c1cccc[n+]13.Cc1cc(-c2ccncc2)nc(C)c1-c1cn2[n+](c1)C13c4c(cccc4-2)Oc2ccc4c5ccccc5n(c4c21)-c1cccc[n+]13. The number of pyridine rings is 9. The molecule has 0 amide bonds. The molecule has 0 fully saturated rings. The van der Waals surface area contributed by atoms with Crippen LogP contribution in [-0.4, -0.2) is 57.7 Å². The molecule has 3 unspecified atom stereocenters. The highest BCUT2D eigenvalue weighted by atomic mass is 16.5. The average Bonchev–Trinajstić information content (AvgIpc) is 1.49. The summed E-state index contributed by atoms with van der Waals surface area (Å²) in [6.45, 7) is 12.9. The van der Waals surface area contributed by atoms with Gasteiger partial charge >= 0.3 is 17.0 Å². The van der Waals surface area contributed by atoms with Crippen LogP contribution in [0.1, 0.15) is 67.2 Å². The van der Waals surface area contributed by atoms with Crippen LogP contribution in [0.25, 0.3) is 167 Å². The van der Waals surface area contributed by atoms with Gasteiger partial charge in [-0.1, -0.05) is 92.9 Å². The van der Waals surface area contributed by atoms with Crippen LogP contribution in [-0.2, 0) is 17.0 Å². The number of nitrogens with zero attached hydrogens (tertiary/aromatic N) is 18. The van der Waals surface area contributed by atoms with Crippen LogP contribution in [0.15, 0.2) is 366 Å². The van der Waals surface area contributed by atoms with Gasteiger partial charge in [-0.2, -0.15) is 27.4 Å². The number of hydrogen-bond acceptors (Lipinski definition) is 9. The van der Waals surface area contributed by atoms with Crippen molar-refractivity contribution in [1.29, 1.82) is 0 Å². The highest BCUT2D eigenvalue weighted by Crippen LogP contribution is 2.61. The lowest BCUT2D eigenvalue weighted by Crippen LogP contribution is -2.76. The van der Waals surface area contributed by atoms with Gasteiger partial charge in [-0.25, -0.2) is 0 Å². The van der Waals surface area contributed by atoms with Gasteiger partial charge in [0.05, 0.1) is 76.6 Å². The molecule has 0 aliphatic carbocycles. The molecule has 0 bridgehead atoms. The van der Waals surface area contributed by atoms with E-state index >= 15 is 0 Å². The Hall–Kier alpha value is -18.2. The summed E-state index contributed by atoms with van der Waals surface area (Å²) in [5, 5.41) is 7.37. The van der Waals surface area contributed by atoms with Crippen LogP contribution < -0.4 is 42.0 Å². The highest BCUT2D eigenvalue weighted by molar-refractivity contribution is 6.14. The van der Waals surface area contributed by atoms with Crippen LogP contribution in [0, 0.1) is 41.5 Å². The first-order valence-electron chi connectivity index (χ1n) is 46.8. The standard InChI is InChI=1S/3C39H26N6O/c1-23-20-29(28-11-5-7-18-40-28)41-24(2)35(23)25-21-43-31-13-9-14-32-36(31)39(44(43)22-25)37-33(46-32)17-16-27-26-10-3-4-12-30(26)45(38(27)37)34-15-6-8-19-42(34)39;1-23-19-29(25-9-8-17-40-20-25)41-24(2)35(23)26-21-43-31-12-7-13-32-36(31)39(44(43)22-26)37-33(46-32)16-15-28-27-10-3-4-11-30(27)45(38(28)37)34-14-5-6-18-42(34)39;1-23-20-29(25-15-17-40-18-16-25)41-24(2)35(23)26-21-43-31-10-7-11-32-36(31)39(44(43)22-26)37-33(46-32)14-13-28-27-8-3-4-9-30(27)45(38(28)37)34-12-5-6-19-42(34)39/h3*3-22H,1-2H3/q3*+2. The lowest BCUT2D eigenvalue weighted by atomic mass is 9.84. The summed E-state index contributed by atoms with van der Waals surface area (Å²) in [7, 11) is 0. The summed E-state index contributed by atoms with van der Waals surface area (Å²) < 4.78 is 49.0. The van der Waals surface area contributed by atoms with Crippen molar-refractivity contribution in [3.05, 3.63) is 433 Å². The van der Waals surface area contributed by atoms with Crippen LogP contribution >= 0.6 is 0 Å². The molecule has 9 aliphatic heterocycles. The van der Waals surface area contributed by atoms with Gasteiger partial charge in [0.2, 0.25) is 18.6 Å². The maximum Gasteiger partial charge on any atom is 0.397 e. The Morgan fingerprint density at radius 3 is 1.03 bits per heavy atom. The first-order chi connectivity index (χ1) is 67.9. The molecule has 21 nitrogen and oxygen atoms in total. The minimum absolute atomic E-state index is 0.704. The fourth-order valence-corrected chi connectivity index (χ4v) is 25.4. The van der Waals surface area contributed by atoms with Gasteiger partial charge in [0.25, 0.3) is 17.5 Å². The predicted octanol–water partition coefficient (Wildman–Crippen LogP) is 20.8. The molecule has 3 atom stereocenters. The fourth-order valence-electron chi connectivity index (χ4n) is 25.4. The Morgan fingerprint density at radius 1 is 0.275 bits per heavy atom. The summed E-state index contributed by atoms with van der Waals surface area (Å²) in [4.78, 5) is 28.3. The third-order valence-corrected chi connectivity index (χ3v) is 30.3. The molecule has 0 radical (unpaired) electrons. The minimum Gasteiger partial charge on any atom is -0.456 e. The lowest BCUT2D eigenvalue weighted by Gasteiger charge is -2.32. The van der Waals surface area contributed by atoms with Crippen LogP contribution in [0.5, 0.6) is 34.5 Å². The van der Waals surface area contributed by atoms with Gasteiger partial charge in [-0.15, -0.1) is 14.0 Å². The molecule has 0 saturated carbocycles. The molecule has 24 heterocycles. The predicted molar refractivity (Wildman–Crippen MR) is 524 cm³/mol. The topological polar surface area (TPSA) is 158 Å².